The van der Waals surface area contributed by atoms with E-state index >= 15 is 0 Å². The largest absolute Gasteiger partial charge is 0.496 e. The predicted molar refractivity (Wildman–Crippen MR) is 78.0 cm³/mol. The van der Waals surface area contributed by atoms with Gasteiger partial charge in [-0.2, -0.15) is 0 Å². The standard InChI is InChI=1S/C16H25NO2/c1-10(2)13-7-14(11(3)6-16(13)18-5)15-9-19-12(4)8-17-15/h6-7,10,12,15,17H,8-9H2,1-5H3. The van der Waals surface area contributed by atoms with Gasteiger partial charge in [0, 0.05) is 6.54 Å². The Balaban J connectivity index is 2.32. The van der Waals surface area contributed by atoms with Gasteiger partial charge in [0.2, 0.25) is 0 Å². The summed E-state index contributed by atoms with van der Waals surface area (Å²) in [5, 5.41) is 3.56. The number of morpholine rings is 1. The van der Waals surface area contributed by atoms with Gasteiger partial charge in [-0.25, -0.2) is 0 Å². The fourth-order valence-electron chi connectivity index (χ4n) is 2.61. The molecule has 19 heavy (non-hydrogen) atoms. The molecule has 3 nitrogen and oxygen atoms in total. The lowest BCUT2D eigenvalue weighted by atomic mass is 9.92. The number of hydrogen-bond acceptors (Lipinski definition) is 3. The van der Waals surface area contributed by atoms with Crippen molar-refractivity contribution in [1.82, 2.24) is 5.32 Å². The number of ether oxygens (including phenoxy) is 2. The maximum absolute atomic E-state index is 5.76. The molecule has 1 N–H and O–H groups in total. The molecular formula is C16H25NO2. The van der Waals surface area contributed by atoms with E-state index in [-0.39, 0.29) is 0 Å². The molecule has 1 aromatic rings. The Morgan fingerprint density at radius 3 is 2.63 bits per heavy atom. The third-order valence-corrected chi connectivity index (χ3v) is 3.81. The highest BCUT2D eigenvalue weighted by Crippen LogP contribution is 2.32. The molecule has 2 rings (SSSR count). The van der Waals surface area contributed by atoms with Crippen molar-refractivity contribution in [2.75, 3.05) is 20.3 Å². The minimum Gasteiger partial charge on any atom is -0.496 e. The van der Waals surface area contributed by atoms with Gasteiger partial charge in [-0.3, -0.25) is 0 Å². The van der Waals surface area contributed by atoms with Crippen LogP contribution in [0.3, 0.4) is 0 Å². The molecule has 0 radical (unpaired) electrons. The fourth-order valence-corrected chi connectivity index (χ4v) is 2.61. The van der Waals surface area contributed by atoms with Crippen molar-refractivity contribution in [3.63, 3.8) is 0 Å². The maximum atomic E-state index is 5.76. The van der Waals surface area contributed by atoms with Crippen LogP contribution in [0.1, 0.15) is 49.4 Å². The Labute approximate surface area is 116 Å². The zero-order valence-electron chi connectivity index (χ0n) is 12.6. The molecule has 1 aliphatic rings. The van der Waals surface area contributed by atoms with E-state index in [1.165, 1.54) is 16.7 Å². The van der Waals surface area contributed by atoms with Gasteiger partial charge in [0.25, 0.3) is 0 Å². The third-order valence-electron chi connectivity index (χ3n) is 3.81. The van der Waals surface area contributed by atoms with Crippen LogP contribution in [0.4, 0.5) is 0 Å². The van der Waals surface area contributed by atoms with Crippen LogP contribution < -0.4 is 10.1 Å². The van der Waals surface area contributed by atoms with E-state index in [9.17, 15) is 0 Å². The second kappa shape index (κ2) is 5.93. The van der Waals surface area contributed by atoms with Gasteiger partial charge in [-0.1, -0.05) is 13.8 Å². The van der Waals surface area contributed by atoms with Crippen molar-refractivity contribution in [2.45, 2.75) is 45.8 Å². The molecule has 0 bridgehead atoms. The zero-order valence-corrected chi connectivity index (χ0v) is 12.6. The van der Waals surface area contributed by atoms with Crippen molar-refractivity contribution in [3.8, 4) is 5.75 Å². The average Bonchev–Trinajstić information content (AvgIpc) is 2.39. The molecule has 0 aliphatic carbocycles. The molecule has 1 aromatic carbocycles. The summed E-state index contributed by atoms with van der Waals surface area (Å²) in [6.07, 6.45) is 0.305. The van der Waals surface area contributed by atoms with E-state index in [0.29, 0.717) is 18.1 Å². The molecule has 1 heterocycles. The third kappa shape index (κ3) is 3.10. The number of benzene rings is 1. The maximum Gasteiger partial charge on any atom is 0.122 e. The van der Waals surface area contributed by atoms with Crippen molar-refractivity contribution in [3.05, 3.63) is 28.8 Å². The summed E-state index contributed by atoms with van der Waals surface area (Å²) in [5.41, 5.74) is 3.86. The summed E-state index contributed by atoms with van der Waals surface area (Å²) in [6, 6.07) is 4.71. The lowest BCUT2D eigenvalue weighted by molar-refractivity contribution is 0.0147. The summed E-state index contributed by atoms with van der Waals surface area (Å²) in [6.45, 7) is 10.3. The first-order valence-electron chi connectivity index (χ1n) is 7.06. The molecule has 0 aromatic heterocycles. The van der Waals surface area contributed by atoms with E-state index in [1.807, 2.05) is 0 Å². The van der Waals surface area contributed by atoms with Gasteiger partial charge in [0.05, 0.1) is 25.9 Å². The fraction of sp³-hybridized carbons (Fsp3) is 0.625. The molecule has 1 fully saturated rings. The molecule has 106 valence electrons. The number of hydrogen-bond donors (Lipinski definition) is 1. The summed E-state index contributed by atoms with van der Waals surface area (Å²) in [7, 11) is 1.74. The molecule has 1 saturated heterocycles. The highest BCUT2D eigenvalue weighted by Gasteiger charge is 2.22. The van der Waals surface area contributed by atoms with Crippen LogP contribution in [0.25, 0.3) is 0 Å². The summed E-state index contributed by atoms with van der Waals surface area (Å²) in [5.74, 6) is 1.44. The average molecular weight is 263 g/mol. The molecule has 2 atom stereocenters. The van der Waals surface area contributed by atoms with Gasteiger partial charge in [-0.05, 0) is 48.6 Å². The SMILES string of the molecule is COc1cc(C)c(C2COC(C)CN2)cc1C(C)C. The highest BCUT2D eigenvalue weighted by molar-refractivity contribution is 5.45. The van der Waals surface area contributed by atoms with E-state index in [2.05, 4.69) is 45.1 Å². The molecule has 0 saturated carbocycles. The van der Waals surface area contributed by atoms with Crippen LogP contribution in [0.2, 0.25) is 0 Å². The Morgan fingerprint density at radius 1 is 1.37 bits per heavy atom. The Hall–Kier alpha value is -1.06. The van der Waals surface area contributed by atoms with Crippen LogP contribution in [0, 0.1) is 6.92 Å². The van der Waals surface area contributed by atoms with Crippen LogP contribution in [0.5, 0.6) is 5.75 Å². The number of methoxy groups -OCH3 is 1. The predicted octanol–water partition coefficient (Wildman–Crippen LogP) is 3.18. The minimum atomic E-state index is 0.291. The van der Waals surface area contributed by atoms with Crippen molar-refractivity contribution in [1.29, 1.82) is 0 Å². The second-order valence-electron chi connectivity index (χ2n) is 5.71. The summed E-state index contributed by atoms with van der Waals surface area (Å²) in [4.78, 5) is 0. The normalized spacial score (nSPS) is 23.7. The highest BCUT2D eigenvalue weighted by atomic mass is 16.5. The Kier molecular flexibility index (Phi) is 4.48. The molecule has 0 amide bonds. The topological polar surface area (TPSA) is 30.5 Å². The Morgan fingerprint density at radius 2 is 2.11 bits per heavy atom. The molecule has 1 aliphatic heterocycles. The van der Waals surface area contributed by atoms with Gasteiger partial charge < -0.3 is 14.8 Å². The number of rotatable bonds is 3. The van der Waals surface area contributed by atoms with Crippen LogP contribution in [-0.2, 0) is 4.74 Å². The second-order valence-corrected chi connectivity index (χ2v) is 5.71. The summed E-state index contributed by atoms with van der Waals surface area (Å²) >= 11 is 0. The van der Waals surface area contributed by atoms with Gasteiger partial charge in [-0.15, -0.1) is 0 Å². The minimum absolute atomic E-state index is 0.291. The number of aryl methyl sites for hydroxylation is 1. The van der Waals surface area contributed by atoms with E-state index in [4.69, 9.17) is 9.47 Å². The molecule has 0 spiro atoms. The van der Waals surface area contributed by atoms with Crippen molar-refractivity contribution < 1.29 is 9.47 Å². The quantitative estimate of drug-likeness (QED) is 0.908. The van der Waals surface area contributed by atoms with E-state index in [0.717, 1.165) is 18.9 Å². The van der Waals surface area contributed by atoms with E-state index < -0.39 is 0 Å². The molecular weight excluding hydrogens is 238 g/mol. The lowest BCUT2D eigenvalue weighted by Gasteiger charge is -2.30. The van der Waals surface area contributed by atoms with Gasteiger partial charge >= 0.3 is 0 Å². The van der Waals surface area contributed by atoms with Crippen LogP contribution >= 0.6 is 0 Å². The first-order valence-corrected chi connectivity index (χ1v) is 7.06. The van der Waals surface area contributed by atoms with Crippen molar-refractivity contribution >= 4 is 0 Å². The molecule has 3 heteroatoms. The Bertz CT molecular complexity index is 435. The zero-order chi connectivity index (χ0) is 14.0. The first-order chi connectivity index (χ1) is 9.02. The van der Waals surface area contributed by atoms with Crippen LogP contribution in [-0.4, -0.2) is 26.4 Å². The van der Waals surface area contributed by atoms with Crippen LogP contribution in [0.15, 0.2) is 12.1 Å². The van der Waals surface area contributed by atoms with E-state index in [1.54, 1.807) is 7.11 Å². The smallest absolute Gasteiger partial charge is 0.122 e. The lowest BCUT2D eigenvalue weighted by Crippen LogP contribution is -2.39. The monoisotopic (exact) mass is 263 g/mol. The van der Waals surface area contributed by atoms with Gasteiger partial charge in [0.1, 0.15) is 5.75 Å². The summed E-state index contributed by atoms with van der Waals surface area (Å²) < 4.78 is 11.3. The van der Waals surface area contributed by atoms with Crippen molar-refractivity contribution in [2.24, 2.45) is 0 Å². The van der Waals surface area contributed by atoms with Gasteiger partial charge in [0.15, 0.2) is 0 Å². The number of nitrogens with one attached hydrogen (secondary N) is 1. The first kappa shape index (κ1) is 14.4. The molecule has 2 unspecified atom stereocenters.